The van der Waals surface area contributed by atoms with E-state index in [0.29, 0.717) is 48.9 Å². The van der Waals surface area contributed by atoms with Crippen LogP contribution in [0.15, 0.2) is 54.6 Å². The van der Waals surface area contributed by atoms with E-state index < -0.39 is 25.4 Å². The number of hydrogen-bond donors (Lipinski definition) is 2. The van der Waals surface area contributed by atoms with Crippen LogP contribution < -0.4 is 15.3 Å². The van der Waals surface area contributed by atoms with Crippen molar-refractivity contribution in [3.8, 4) is 5.75 Å². The number of carbonyl (C=O) groups is 1. The first kappa shape index (κ1) is 29.0. The summed E-state index contributed by atoms with van der Waals surface area (Å²) >= 11 is 0. The second-order valence-corrected chi connectivity index (χ2v) is 12.1. The van der Waals surface area contributed by atoms with Gasteiger partial charge < -0.3 is 24.3 Å². The minimum Gasteiger partial charge on any atom is -0.462 e. The Morgan fingerprint density at radius 1 is 1.10 bits per heavy atom. The third kappa shape index (κ3) is 6.54. The van der Waals surface area contributed by atoms with Crippen molar-refractivity contribution in [1.82, 2.24) is 19.6 Å². The first-order valence-corrected chi connectivity index (χ1v) is 15.3. The Morgan fingerprint density at radius 3 is 2.49 bits per heavy atom. The zero-order valence-electron chi connectivity index (χ0n) is 23.7. The molecular formula is C29H36N5O6P. The van der Waals surface area contributed by atoms with Crippen molar-refractivity contribution >= 4 is 41.5 Å². The first-order chi connectivity index (χ1) is 19.6. The van der Waals surface area contributed by atoms with Gasteiger partial charge in [0.25, 0.3) is 0 Å². The Morgan fingerprint density at radius 2 is 1.80 bits per heavy atom. The highest BCUT2D eigenvalue weighted by molar-refractivity contribution is 7.52. The van der Waals surface area contributed by atoms with Crippen molar-refractivity contribution < 1.29 is 27.9 Å². The minimum atomic E-state index is -4.08. The van der Waals surface area contributed by atoms with Crippen molar-refractivity contribution in [1.29, 1.82) is 0 Å². The first-order valence-electron chi connectivity index (χ1n) is 13.8. The van der Waals surface area contributed by atoms with Crippen LogP contribution in [0, 0.1) is 0 Å². The number of ether oxygens (including phenoxy) is 2. The van der Waals surface area contributed by atoms with E-state index in [0.717, 1.165) is 16.4 Å². The summed E-state index contributed by atoms with van der Waals surface area (Å²) in [5.41, 5.74) is 7.60. The summed E-state index contributed by atoms with van der Waals surface area (Å²) in [5, 5.41) is 3.69. The molecule has 0 radical (unpaired) electrons. The molecule has 0 amide bonds. The largest absolute Gasteiger partial charge is 0.462 e. The molecule has 41 heavy (non-hydrogen) atoms. The minimum absolute atomic E-state index is 0.254. The number of nitrogen functional groups attached to an aromatic ring is 1. The molecule has 218 valence electrons. The standard InChI is InChI=1S/C29H36N5O6P/c1-5-37-17-24-32-25-26(22-13-9-10-14-23(22)31-27(25)30)34(24)18-29(15-16-29)40-41(36,39-21-11-7-6-8-12-21)33-20(4)28(35)38-19(2)3/h6-14,19-20H,5,15-18H2,1-4H3,(H2,30,31)(H,33,36). The predicted octanol–water partition coefficient (Wildman–Crippen LogP) is 5.37. The Kier molecular flexibility index (Phi) is 8.33. The second-order valence-electron chi connectivity index (χ2n) is 10.5. The van der Waals surface area contributed by atoms with Crippen LogP contribution in [-0.4, -0.2) is 44.9 Å². The van der Waals surface area contributed by atoms with Crippen molar-refractivity contribution in [3.63, 3.8) is 0 Å². The number of para-hydroxylation sites is 2. The molecule has 0 aliphatic heterocycles. The molecule has 4 aromatic rings. The maximum atomic E-state index is 14.3. The average Bonchev–Trinajstić information content (AvgIpc) is 3.57. The van der Waals surface area contributed by atoms with Gasteiger partial charge in [-0.1, -0.05) is 36.4 Å². The number of carbonyl (C=O) groups excluding carboxylic acids is 1. The predicted molar refractivity (Wildman–Crippen MR) is 156 cm³/mol. The molecular weight excluding hydrogens is 545 g/mol. The summed E-state index contributed by atoms with van der Waals surface area (Å²) in [6.07, 6.45) is 0.911. The molecule has 2 aromatic heterocycles. The summed E-state index contributed by atoms with van der Waals surface area (Å²) in [4.78, 5) is 21.9. The molecule has 2 unspecified atom stereocenters. The van der Waals surface area contributed by atoms with Crippen LogP contribution in [0.2, 0.25) is 0 Å². The molecule has 1 aliphatic rings. The lowest BCUT2D eigenvalue weighted by molar-refractivity contribution is -0.149. The van der Waals surface area contributed by atoms with E-state index in [1.807, 2.05) is 41.8 Å². The fraction of sp³-hybridized carbons (Fsp3) is 0.414. The molecule has 0 bridgehead atoms. The number of fused-ring (bicyclic) bond motifs is 3. The van der Waals surface area contributed by atoms with E-state index in [1.54, 1.807) is 45.0 Å². The average molecular weight is 582 g/mol. The molecule has 1 saturated carbocycles. The smallest absolute Gasteiger partial charge is 0.460 e. The second kappa shape index (κ2) is 11.8. The molecule has 1 fully saturated rings. The van der Waals surface area contributed by atoms with E-state index in [9.17, 15) is 9.36 Å². The lowest BCUT2D eigenvalue weighted by atomic mass is 10.2. The summed E-state index contributed by atoms with van der Waals surface area (Å²) in [6.45, 7) is 8.06. The molecule has 11 nitrogen and oxygen atoms in total. The van der Waals surface area contributed by atoms with Crippen LogP contribution in [0.25, 0.3) is 21.9 Å². The van der Waals surface area contributed by atoms with Crippen LogP contribution in [0.4, 0.5) is 5.82 Å². The summed E-state index contributed by atoms with van der Waals surface area (Å²) in [7, 11) is -4.08. The van der Waals surface area contributed by atoms with Gasteiger partial charge in [0, 0.05) is 12.0 Å². The third-order valence-corrected chi connectivity index (χ3v) is 8.50. The van der Waals surface area contributed by atoms with Crippen molar-refractivity contribution in [2.75, 3.05) is 12.3 Å². The fourth-order valence-electron chi connectivity index (χ4n) is 4.66. The van der Waals surface area contributed by atoms with E-state index >= 15 is 0 Å². The molecule has 2 atom stereocenters. The summed E-state index contributed by atoms with van der Waals surface area (Å²) in [6, 6.07) is 15.5. The molecule has 1 aliphatic carbocycles. The van der Waals surface area contributed by atoms with Crippen LogP contribution in [0.3, 0.4) is 0 Å². The van der Waals surface area contributed by atoms with E-state index in [2.05, 4.69) is 10.1 Å². The van der Waals surface area contributed by atoms with E-state index in [-0.39, 0.29) is 12.7 Å². The number of rotatable bonds is 13. The number of nitrogens with zero attached hydrogens (tertiary/aromatic N) is 3. The molecule has 2 aromatic carbocycles. The van der Waals surface area contributed by atoms with Gasteiger partial charge in [0.2, 0.25) is 0 Å². The molecule has 12 heteroatoms. The third-order valence-electron chi connectivity index (χ3n) is 6.72. The van der Waals surface area contributed by atoms with Gasteiger partial charge in [-0.05, 0) is 58.7 Å². The molecule has 0 spiro atoms. The van der Waals surface area contributed by atoms with Gasteiger partial charge in [0.05, 0.1) is 29.3 Å². The normalized spacial score (nSPS) is 16.5. The van der Waals surface area contributed by atoms with Crippen LogP contribution in [0.1, 0.15) is 46.4 Å². The van der Waals surface area contributed by atoms with Gasteiger partial charge in [-0.15, -0.1) is 0 Å². The Hall–Kier alpha value is -3.50. The zero-order valence-corrected chi connectivity index (χ0v) is 24.6. The quantitative estimate of drug-likeness (QED) is 0.156. The number of imidazole rings is 1. The van der Waals surface area contributed by atoms with Crippen molar-refractivity contribution in [3.05, 3.63) is 60.4 Å². The lowest BCUT2D eigenvalue weighted by Gasteiger charge is -2.28. The molecule has 3 N–H and O–H groups in total. The number of nitrogens with two attached hydrogens (primary N) is 1. The molecule has 5 rings (SSSR count). The Balaban J connectivity index is 1.51. The van der Waals surface area contributed by atoms with Gasteiger partial charge in [-0.3, -0.25) is 9.32 Å². The summed E-state index contributed by atoms with van der Waals surface area (Å²) in [5.74, 6) is 0.762. The van der Waals surface area contributed by atoms with Gasteiger partial charge in [0.1, 0.15) is 29.7 Å². The monoisotopic (exact) mass is 581 g/mol. The lowest BCUT2D eigenvalue weighted by Crippen LogP contribution is -2.37. The number of anilines is 1. The number of benzene rings is 2. The summed E-state index contributed by atoms with van der Waals surface area (Å²) < 4.78 is 39.7. The molecule has 2 heterocycles. The van der Waals surface area contributed by atoms with Gasteiger partial charge in [-0.25, -0.2) is 14.5 Å². The number of hydrogen-bond acceptors (Lipinski definition) is 9. The molecule has 0 saturated heterocycles. The highest BCUT2D eigenvalue weighted by Gasteiger charge is 2.52. The number of nitrogens with one attached hydrogen (secondary N) is 1. The van der Waals surface area contributed by atoms with Gasteiger partial charge >= 0.3 is 13.7 Å². The fourth-order valence-corrected chi connectivity index (χ4v) is 6.53. The Labute approximate surface area is 238 Å². The maximum absolute atomic E-state index is 14.3. The van der Waals surface area contributed by atoms with Gasteiger partial charge in [0.15, 0.2) is 5.82 Å². The van der Waals surface area contributed by atoms with Crippen LogP contribution in [0.5, 0.6) is 5.75 Å². The number of pyridine rings is 1. The van der Waals surface area contributed by atoms with E-state index in [1.165, 1.54) is 0 Å². The van der Waals surface area contributed by atoms with Crippen LogP contribution in [-0.2, 0) is 36.5 Å². The highest BCUT2D eigenvalue weighted by atomic mass is 31.2. The highest BCUT2D eigenvalue weighted by Crippen LogP contribution is 2.56. The van der Waals surface area contributed by atoms with Crippen LogP contribution >= 0.6 is 7.75 Å². The SMILES string of the molecule is CCOCc1nc2c(N)nc3ccccc3c2n1CC1(OP(=O)(NC(C)C(=O)OC(C)C)Oc2ccccc2)CC1. The van der Waals surface area contributed by atoms with Crippen molar-refractivity contribution in [2.24, 2.45) is 0 Å². The maximum Gasteiger partial charge on any atom is 0.460 e. The van der Waals surface area contributed by atoms with Gasteiger partial charge in [-0.2, -0.15) is 5.09 Å². The number of esters is 1. The van der Waals surface area contributed by atoms with Crippen molar-refractivity contribution in [2.45, 2.75) is 71.4 Å². The van der Waals surface area contributed by atoms with E-state index in [4.69, 9.17) is 29.2 Å². The zero-order chi connectivity index (χ0) is 29.2. The topological polar surface area (TPSA) is 140 Å². The number of aromatic nitrogens is 3. The Bertz CT molecular complexity index is 1590.